The van der Waals surface area contributed by atoms with Crippen LogP contribution in [0.25, 0.3) is 0 Å². The van der Waals surface area contributed by atoms with Crippen LogP contribution in [0.4, 0.5) is 4.79 Å². The van der Waals surface area contributed by atoms with Crippen molar-refractivity contribution in [2.24, 2.45) is 5.92 Å². The molecule has 3 atom stereocenters. The van der Waals surface area contributed by atoms with Crippen LogP contribution in [-0.2, 0) is 18.7 Å². The second-order valence-electron chi connectivity index (χ2n) is 9.92. The van der Waals surface area contributed by atoms with Crippen molar-refractivity contribution in [1.82, 2.24) is 5.32 Å². The molecule has 0 spiro atoms. The Labute approximate surface area is 165 Å². The van der Waals surface area contributed by atoms with E-state index in [1.165, 1.54) is 0 Å². The molecule has 1 rings (SSSR count). The molecule has 27 heavy (non-hydrogen) atoms. The predicted molar refractivity (Wildman–Crippen MR) is 109 cm³/mol. The standard InChI is InChI=1S/C20H39NO5Si/c1-10-24-17(22)15-13-14(26-27(8,9)20(5,6)7)11-12-16(15)21-18(23)25-19(2,3)4/h14-16H,10-13H2,1-9H3,(H,21,23)/t14?,15-,16-/m0/s1. The SMILES string of the molecule is CCOC(=O)[C@H]1CC(O[Si](C)(C)C(C)(C)C)CC[C@@H]1NC(=O)OC(C)(C)C. The Bertz CT molecular complexity index is 521. The molecule has 1 aliphatic rings. The fourth-order valence-corrected chi connectivity index (χ4v) is 4.37. The van der Waals surface area contributed by atoms with Gasteiger partial charge in [0.15, 0.2) is 8.32 Å². The van der Waals surface area contributed by atoms with E-state index < -0.39 is 25.9 Å². The van der Waals surface area contributed by atoms with Crippen molar-refractivity contribution >= 4 is 20.4 Å². The first-order valence-electron chi connectivity index (χ1n) is 10.00. The summed E-state index contributed by atoms with van der Waals surface area (Å²) in [6.45, 7) is 18.6. The molecule has 1 fully saturated rings. The molecule has 158 valence electrons. The summed E-state index contributed by atoms with van der Waals surface area (Å²) in [7, 11) is -1.93. The molecule has 0 heterocycles. The highest BCUT2D eigenvalue weighted by Gasteiger charge is 2.43. The summed E-state index contributed by atoms with van der Waals surface area (Å²) in [5.41, 5.74) is -0.577. The molecule has 0 aromatic rings. The van der Waals surface area contributed by atoms with Gasteiger partial charge in [-0.2, -0.15) is 0 Å². The molecule has 1 aliphatic carbocycles. The van der Waals surface area contributed by atoms with Crippen LogP contribution in [0, 0.1) is 5.92 Å². The molecule has 7 heteroatoms. The second-order valence-corrected chi connectivity index (χ2v) is 14.7. The van der Waals surface area contributed by atoms with Gasteiger partial charge in [0.05, 0.1) is 12.5 Å². The lowest BCUT2D eigenvalue weighted by atomic mass is 9.83. The van der Waals surface area contributed by atoms with Crippen LogP contribution in [0.3, 0.4) is 0 Å². The fraction of sp³-hybridized carbons (Fsp3) is 0.900. The molecule has 6 nitrogen and oxygen atoms in total. The number of hydrogen-bond donors (Lipinski definition) is 1. The van der Waals surface area contributed by atoms with Gasteiger partial charge in [0.1, 0.15) is 5.60 Å². The van der Waals surface area contributed by atoms with Crippen molar-refractivity contribution in [3.63, 3.8) is 0 Å². The maximum absolute atomic E-state index is 12.5. The lowest BCUT2D eigenvalue weighted by Crippen LogP contribution is -2.52. The van der Waals surface area contributed by atoms with Gasteiger partial charge in [0.2, 0.25) is 0 Å². The van der Waals surface area contributed by atoms with Gasteiger partial charge >= 0.3 is 12.1 Å². The van der Waals surface area contributed by atoms with Gasteiger partial charge in [-0.1, -0.05) is 20.8 Å². The van der Waals surface area contributed by atoms with Crippen LogP contribution >= 0.6 is 0 Å². The average molecular weight is 402 g/mol. The molecule has 0 radical (unpaired) electrons. The van der Waals surface area contributed by atoms with Gasteiger partial charge in [-0.3, -0.25) is 4.79 Å². The maximum atomic E-state index is 12.5. The van der Waals surface area contributed by atoms with E-state index in [0.29, 0.717) is 19.4 Å². The highest BCUT2D eigenvalue weighted by Crippen LogP contribution is 2.40. The van der Waals surface area contributed by atoms with Crippen LogP contribution < -0.4 is 5.32 Å². The number of hydrogen-bond acceptors (Lipinski definition) is 5. The minimum atomic E-state index is -1.93. The maximum Gasteiger partial charge on any atom is 0.407 e. The quantitative estimate of drug-likeness (QED) is 0.537. The highest BCUT2D eigenvalue weighted by atomic mass is 28.4. The molecule has 1 saturated carbocycles. The van der Waals surface area contributed by atoms with Crippen LogP contribution in [-0.4, -0.2) is 44.7 Å². The number of amides is 1. The number of carbonyl (C=O) groups excluding carboxylic acids is 2. The van der Waals surface area contributed by atoms with E-state index in [4.69, 9.17) is 13.9 Å². The lowest BCUT2D eigenvalue weighted by molar-refractivity contribution is -0.151. The van der Waals surface area contributed by atoms with Gasteiger partial charge in [-0.25, -0.2) is 4.79 Å². The Hall–Kier alpha value is -1.08. The Kier molecular flexibility index (Phi) is 7.94. The summed E-state index contributed by atoms with van der Waals surface area (Å²) in [4.78, 5) is 24.7. The number of alkyl carbamates (subject to hydrolysis) is 1. The number of carbonyl (C=O) groups is 2. The Morgan fingerprint density at radius 3 is 2.15 bits per heavy atom. The van der Waals surface area contributed by atoms with Crippen molar-refractivity contribution in [1.29, 1.82) is 0 Å². The average Bonchev–Trinajstić information content (AvgIpc) is 2.45. The van der Waals surface area contributed by atoms with E-state index in [2.05, 4.69) is 39.2 Å². The predicted octanol–water partition coefficient (Wildman–Crippen LogP) is 4.63. The smallest absolute Gasteiger partial charge is 0.407 e. The van der Waals surface area contributed by atoms with Crippen LogP contribution in [0.15, 0.2) is 0 Å². The highest BCUT2D eigenvalue weighted by molar-refractivity contribution is 6.74. The van der Waals surface area contributed by atoms with Gasteiger partial charge in [-0.15, -0.1) is 0 Å². The molecular weight excluding hydrogens is 362 g/mol. The normalized spacial score (nSPS) is 24.3. The van der Waals surface area contributed by atoms with E-state index in [1.807, 2.05) is 20.8 Å². The molecular formula is C20H39NO5Si. The summed E-state index contributed by atoms with van der Waals surface area (Å²) in [5.74, 6) is -0.692. The van der Waals surface area contributed by atoms with E-state index >= 15 is 0 Å². The zero-order valence-electron chi connectivity index (χ0n) is 18.6. The van der Waals surface area contributed by atoms with Crippen molar-refractivity contribution < 1.29 is 23.5 Å². The molecule has 0 bridgehead atoms. The minimum Gasteiger partial charge on any atom is -0.466 e. The molecule has 0 aliphatic heterocycles. The van der Waals surface area contributed by atoms with E-state index in [-0.39, 0.29) is 23.2 Å². The van der Waals surface area contributed by atoms with E-state index in [9.17, 15) is 9.59 Å². The van der Waals surface area contributed by atoms with Crippen LogP contribution in [0.1, 0.15) is 67.7 Å². The summed E-state index contributed by atoms with van der Waals surface area (Å²) in [6.07, 6.45) is 1.55. The summed E-state index contributed by atoms with van der Waals surface area (Å²) in [6, 6.07) is -0.293. The minimum absolute atomic E-state index is 0.0111. The fourth-order valence-electron chi connectivity index (χ4n) is 2.97. The Morgan fingerprint density at radius 2 is 1.67 bits per heavy atom. The summed E-state index contributed by atoms with van der Waals surface area (Å²) < 4.78 is 17.1. The number of ether oxygens (including phenoxy) is 2. The van der Waals surface area contributed by atoms with Crippen molar-refractivity contribution in [2.75, 3.05) is 6.61 Å². The lowest BCUT2D eigenvalue weighted by Gasteiger charge is -2.43. The van der Waals surface area contributed by atoms with Crippen LogP contribution in [0.5, 0.6) is 0 Å². The van der Waals surface area contributed by atoms with Gasteiger partial charge < -0.3 is 19.2 Å². The zero-order valence-corrected chi connectivity index (χ0v) is 19.6. The first kappa shape index (κ1) is 24.0. The van der Waals surface area contributed by atoms with E-state index in [0.717, 1.165) is 6.42 Å². The van der Waals surface area contributed by atoms with Crippen molar-refractivity contribution in [2.45, 2.75) is 104 Å². The zero-order chi connectivity index (χ0) is 21.0. The van der Waals surface area contributed by atoms with Gasteiger partial charge in [0, 0.05) is 12.1 Å². The van der Waals surface area contributed by atoms with E-state index in [1.54, 1.807) is 6.92 Å². The Morgan fingerprint density at radius 1 is 1.07 bits per heavy atom. The molecule has 1 N–H and O–H groups in total. The Balaban J connectivity index is 2.85. The molecule has 0 aromatic carbocycles. The topological polar surface area (TPSA) is 73.9 Å². The van der Waals surface area contributed by atoms with Crippen LogP contribution in [0.2, 0.25) is 18.1 Å². The summed E-state index contributed by atoms with van der Waals surface area (Å²) >= 11 is 0. The molecule has 1 unspecified atom stereocenters. The monoisotopic (exact) mass is 401 g/mol. The third-order valence-corrected chi connectivity index (χ3v) is 9.90. The molecule has 0 aromatic heterocycles. The third-order valence-electron chi connectivity index (χ3n) is 5.36. The van der Waals surface area contributed by atoms with Crippen molar-refractivity contribution in [3.05, 3.63) is 0 Å². The largest absolute Gasteiger partial charge is 0.466 e. The second kappa shape index (κ2) is 8.95. The van der Waals surface area contributed by atoms with Gasteiger partial charge in [0.25, 0.3) is 0 Å². The molecule has 1 amide bonds. The first-order chi connectivity index (χ1) is 12.2. The third kappa shape index (κ3) is 7.45. The number of rotatable bonds is 5. The molecule has 0 saturated heterocycles. The van der Waals surface area contributed by atoms with Crippen molar-refractivity contribution in [3.8, 4) is 0 Å². The number of esters is 1. The van der Waals surface area contributed by atoms with Gasteiger partial charge in [-0.05, 0) is 65.1 Å². The first-order valence-corrected chi connectivity index (χ1v) is 12.9. The summed E-state index contributed by atoms with van der Waals surface area (Å²) in [5, 5.41) is 2.98. The number of nitrogens with one attached hydrogen (secondary N) is 1.